The van der Waals surface area contributed by atoms with E-state index in [0.717, 1.165) is 5.75 Å². The third-order valence-electron chi connectivity index (χ3n) is 1.87. The number of benzene rings is 1. The van der Waals surface area contributed by atoms with E-state index in [1.54, 1.807) is 7.11 Å². The molecule has 0 atom stereocenters. The van der Waals surface area contributed by atoms with E-state index in [1.807, 2.05) is 18.2 Å². The molecule has 0 N–H and O–H groups in total. The SMILES string of the molecule is COc1cccc(/C=C/C(C)(C)C)c1. The molecule has 0 saturated carbocycles. The Morgan fingerprint density at radius 1 is 1.21 bits per heavy atom. The van der Waals surface area contributed by atoms with Crippen molar-refractivity contribution >= 4 is 6.08 Å². The lowest BCUT2D eigenvalue weighted by atomic mass is 9.95. The maximum atomic E-state index is 5.15. The number of hydrogen-bond donors (Lipinski definition) is 0. The van der Waals surface area contributed by atoms with Gasteiger partial charge in [-0.3, -0.25) is 0 Å². The molecule has 0 saturated heterocycles. The molecule has 14 heavy (non-hydrogen) atoms. The zero-order chi connectivity index (χ0) is 10.6. The molecular formula is C13H18O. The average molecular weight is 190 g/mol. The van der Waals surface area contributed by atoms with Crippen LogP contribution >= 0.6 is 0 Å². The van der Waals surface area contributed by atoms with Gasteiger partial charge in [0.25, 0.3) is 0 Å². The Morgan fingerprint density at radius 3 is 2.50 bits per heavy atom. The van der Waals surface area contributed by atoms with Crippen LogP contribution in [0.5, 0.6) is 5.75 Å². The molecule has 0 amide bonds. The van der Waals surface area contributed by atoms with Crippen LogP contribution in [0.25, 0.3) is 6.08 Å². The van der Waals surface area contributed by atoms with Crippen LogP contribution in [-0.2, 0) is 0 Å². The fraction of sp³-hybridized carbons (Fsp3) is 0.385. The molecule has 1 rings (SSSR count). The van der Waals surface area contributed by atoms with E-state index in [0.29, 0.717) is 0 Å². The minimum atomic E-state index is 0.225. The molecule has 0 heterocycles. The molecule has 0 spiro atoms. The third kappa shape index (κ3) is 3.65. The van der Waals surface area contributed by atoms with Gasteiger partial charge in [0.1, 0.15) is 5.75 Å². The molecule has 0 aromatic heterocycles. The Morgan fingerprint density at radius 2 is 1.93 bits per heavy atom. The van der Waals surface area contributed by atoms with E-state index < -0.39 is 0 Å². The highest BCUT2D eigenvalue weighted by Gasteiger charge is 2.03. The fourth-order valence-electron chi connectivity index (χ4n) is 1.09. The molecule has 0 radical (unpaired) electrons. The number of ether oxygens (including phenoxy) is 1. The largest absolute Gasteiger partial charge is 0.497 e. The van der Waals surface area contributed by atoms with Gasteiger partial charge in [-0.1, -0.05) is 45.1 Å². The highest BCUT2D eigenvalue weighted by Crippen LogP contribution is 2.19. The van der Waals surface area contributed by atoms with Crippen molar-refractivity contribution in [3.8, 4) is 5.75 Å². The van der Waals surface area contributed by atoms with E-state index in [9.17, 15) is 0 Å². The van der Waals surface area contributed by atoms with Gasteiger partial charge in [-0.2, -0.15) is 0 Å². The lowest BCUT2D eigenvalue weighted by Gasteiger charge is -2.11. The van der Waals surface area contributed by atoms with Crippen LogP contribution in [0.4, 0.5) is 0 Å². The number of methoxy groups -OCH3 is 1. The van der Waals surface area contributed by atoms with Crippen LogP contribution in [0, 0.1) is 5.41 Å². The Labute approximate surface area is 86.4 Å². The predicted molar refractivity (Wildman–Crippen MR) is 61.5 cm³/mol. The standard InChI is InChI=1S/C13H18O/c1-13(2,3)9-8-11-6-5-7-12(10-11)14-4/h5-10H,1-4H3/b9-8+. The van der Waals surface area contributed by atoms with Crippen molar-refractivity contribution in [1.29, 1.82) is 0 Å². The van der Waals surface area contributed by atoms with Crippen LogP contribution in [0.15, 0.2) is 30.3 Å². The second-order valence-electron chi connectivity index (χ2n) is 4.48. The van der Waals surface area contributed by atoms with Crippen LogP contribution in [0.1, 0.15) is 26.3 Å². The van der Waals surface area contributed by atoms with Gasteiger partial charge in [0.2, 0.25) is 0 Å². The Kier molecular flexibility index (Phi) is 3.34. The van der Waals surface area contributed by atoms with Crippen LogP contribution in [-0.4, -0.2) is 7.11 Å². The molecule has 1 aromatic carbocycles. The van der Waals surface area contributed by atoms with Crippen molar-refractivity contribution < 1.29 is 4.74 Å². The fourth-order valence-corrected chi connectivity index (χ4v) is 1.09. The van der Waals surface area contributed by atoms with Crippen molar-refractivity contribution in [3.63, 3.8) is 0 Å². The molecular weight excluding hydrogens is 172 g/mol. The Hall–Kier alpha value is -1.24. The quantitative estimate of drug-likeness (QED) is 0.690. The normalized spacial score (nSPS) is 12.0. The second-order valence-corrected chi connectivity index (χ2v) is 4.48. The number of hydrogen-bond acceptors (Lipinski definition) is 1. The van der Waals surface area contributed by atoms with E-state index in [-0.39, 0.29) is 5.41 Å². The van der Waals surface area contributed by atoms with Crippen LogP contribution < -0.4 is 4.74 Å². The van der Waals surface area contributed by atoms with Crippen LogP contribution in [0.3, 0.4) is 0 Å². The Balaban J connectivity index is 2.82. The molecule has 76 valence electrons. The summed E-state index contributed by atoms with van der Waals surface area (Å²) >= 11 is 0. The molecule has 0 aliphatic rings. The molecule has 1 aromatic rings. The lowest BCUT2D eigenvalue weighted by molar-refractivity contribution is 0.414. The second kappa shape index (κ2) is 4.32. The van der Waals surface area contributed by atoms with Crippen molar-refractivity contribution in [2.45, 2.75) is 20.8 Å². The van der Waals surface area contributed by atoms with Gasteiger partial charge >= 0.3 is 0 Å². The van der Waals surface area contributed by atoms with Crippen molar-refractivity contribution in [3.05, 3.63) is 35.9 Å². The lowest BCUT2D eigenvalue weighted by Crippen LogP contribution is -1.97. The summed E-state index contributed by atoms with van der Waals surface area (Å²) in [5.41, 5.74) is 1.41. The zero-order valence-electron chi connectivity index (χ0n) is 9.37. The summed E-state index contributed by atoms with van der Waals surface area (Å²) in [6.07, 6.45) is 4.32. The first-order valence-electron chi connectivity index (χ1n) is 4.84. The number of rotatable bonds is 2. The molecule has 0 aliphatic carbocycles. The maximum absolute atomic E-state index is 5.15. The van der Waals surface area contributed by atoms with E-state index in [4.69, 9.17) is 4.74 Å². The first kappa shape index (κ1) is 10.8. The van der Waals surface area contributed by atoms with Gasteiger partial charge in [-0.15, -0.1) is 0 Å². The summed E-state index contributed by atoms with van der Waals surface area (Å²) in [7, 11) is 1.69. The van der Waals surface area contributed by atoms with E-state index >= 15 is 0 Å². The van der Waals surface area contributed by atoms with Gasteiger partial charge in [-0.25, -0.2) is 0 Å². The van der Waals surface area contributed by atoms with Gasteiger partial charge in [0, 0.05) is 0 Å². The van der Waals surface area contributed by atoms with Gasteiger partial charge in [0.05, 0.1) is 7.11 Å². The summed E-state index contributed by atoms with van der Waals surface area (Å²) in [5, 5.41) is 0. The molecule has 0 aliphatic heterocycles. The highest BCUT2D eigenvalue weighted by atomic mass is 16.5. The summed E-state index contributed by atoms with van der Waals surface area (Å²) in [6.45, 7) is 6.55. The summed E-state index contributed by atoms with van der Waals surface area (Å²) in [4.78, 5) is 0. The monoisotopic (exact) mass is 190 g/mol. The molecule has 0 unspecified atom stereocenters. The zero-order valence-corrected chi connectivity index (χ0v) is 9.37. The summed E-state index contributed by atoms with van der Waals surface area (Å²) in [6, 6.07) is 8.06. The van der Waals surface area contributed by atoms with Crippen LogP contribution in [0.2, 0.25) is 0 Å². The summed E-state index contributed by atoms with van der Waals surface area (Å²) < 4.78 is 5.15. The molecule has 0 fully saturated rings. The first-order valence-corrected chi connectivity index (χ1v) is 4.84. The Bertz CT molecular complexity index is 318. The maximum Gasteiger partial charge on any atom is 0.119 e. The predicted octanol–water partition coefficient (Wildman–Crippen LogP) is 3.75. The topological polar surface area (TPSA) is 9.23 Å². The van der Waals surface area contributed by atoms with Crippen molar-refractivity contribution in [2.24, 2.45) is 5.41 Å². The average Bonchev–Trinajstić information content (AvgIpc) is 2.14. The summed E-state index contributed by atoms with van der Waals surface area (Å²) in [5.74, 6) is 0.904. The smallest absolute Gasteiger partial charge is 0.119 e. The minimum absolute atomic E-state index is 0.225. The third-order valence-corrected chi connectivity index (χ3v) is 1.87. The van der Waals surface area contributed by atoms with E-state index in [1.165, 1.54) is 5.56 Å². The molecule has 0 bridgehead atoms. The van der Waals surface area contributed by atoms with E-state index in [2.05, 4.69) is 39.0 Å². The molecule has 1 nitrogen and oxygen atoms in total. The van der Waals surface area contributed by atoms with Crippen molar-refractivity contribution in [1.82, 2.24) is 0 Å². The van der Waals surface area contributed by atoms with Gasteiger partial charge < -0.3 is 4.74 Å². The van der Waals surface area contributed by atoms with Crippen molar-refractivity contribution in [2.75, 3.05) is 7.11 Å². The molecule has 1 heteroatoms. The first-order chi connectivity index (χ1) is 6.51. The van der Waals surface area contributed by atoms with Gasteiger partial charge in [-0.05, 0) is 23.1 Å². The minimum Gasteiger partial charge on any atom is -0.497 e. The highest BCUT2D eigenvalue weighted by molar-refractivity contribution is 5.52. The number of allylic oxidation sites excluding steroid dienone is 1. The van der Waals surface area contributed by atoms with Gasteiger partial charge in [0.15, 0.2) is 0 Å².